The highest BCUT2D eigenvalue weighted by Gasteiger charge is 2.37. The van der Waals surface area contributed by atoms with Gasteiger partial charge in [0.05, 0.1) is 22.8 Å². The highest BCUT2D eigenvalue weighted by Crippen LogP contribution is 2.28. The molecule has 0 saturated heterocycles. The fourth-order valence-corrected chi connectivity index (χ4v) is 3.84. The number of aryl methyl sites for hydroxylation is 4. The second-order valence-electron chi connectivity index (χ2n) is 6.70. The standard InChI is InChI=1S/C18H16N4O2/c23-17-13-14(20-10-6-2-1-5-9(10)19-13)18(24)16-15(17)21-11-7-3-4-8-12(11)22-16/h1-8H2. The Bertz CT molecular complexity index is 774. The van der Waals surface area contributed by atoms with Gasteiger partial charge in [-0.05, 0) is 51.4 Å². The van der Waals surface area contributed by atoms with Crippen molar-refractivity contribution in [3.05, 3.63) is 45.6 Å². The Kier molecular flexibility index (Phi) is 2.89. The number of nitrogens with zero attached hydrogens (tertiary/aromatic N) is 4. The summed E-state index contributed by atoms with van der Waals surface area (Å²) in [6.07, 6.45) is 7.47. The molecule has 0 N–H and O–H groups in total. The van der Waals surface area contributed by atoms with Gasteiger partial charge in [-0.3, -0.25) is 9.59 Å². The van der Waals surface area contributed by atoms with Crippen LogP contribution in [0.1, 0.15) is 80.8 Å². The van der Waals surface area contributed by atoms with Gasteiger partial charge in [0.25, 0.3) is 0 Å². The van der Waals surface area contributed by atoms with Gasteiger partial charge < -0.3 is 0 Å². The lowest BCUT2D eigenvalue weighted by Crippen LogP contribution is -2.30. The van der Waals surface area contributed by atoms with Gasteiger partial charge >= 0.3 is 0 Å². The lowest BCUT2D eigenvalue weighted by atomic mass is 9.93. The first-order chi connectivity index (χ1) is 11.7. The molecular weight excluding hydrogens is 304 g/mol. The van der Waals surface area contributed by atoms with Gasteiger partial charge in [0, 0.05) is 0 Å². The molecule has 0 unspecified atom stereocenters. The maximum Gasteiger partial charge on any atom is 0.234 e. The van der Waals surface area contributed by atoms with Crippen molar-refractivity contribution in [2.75, 3.05) is 0 Å². The molecule has 0 saturated carbocycles. The minimum Gasteiger partial charge on any atom is -0.285 e. The van der Waals surface area contributed by atoms with Gasteiger partial charge in [0.2, 0.25) is 11.6 Å². The molecule has 120 valence electrons. The Labute approximate surface area is 138 Å². The maximum atomic E-state index is 12.9. The number of hydrogen-bond acceptors (Lipinski definition) is 6. The van der Waals surface area contributed by atoms with Gasteiger partial charge in [-0.25, -0.2) is 19.9 Å². The molecule has 6 nitrogen and oxygen atoms in total. The molecule has 0 spiro atoms. The number of fused-ring (bicyclic) bond motifs is 4. The number of carbonyl (C=O) groups is 2. The molecule has 0 aromatic carbocycles. The van der Waals surface area contributed by atoms with Crippen LogP contribution in [0.15, 0.2) is 0 Å². The molecule has 6 heteroatoms. The second-order valence-corrected chi connectivity index (χ2v) is 6.70. The summed E-state index contributed by atoms with van der Waals surface area (Å²) >= 11 is 0. The van der Waals surface area contributed by atoms with E-state index in [1.165, 1.54) is 0 Å². The highest BCUT2D eigenvalue weighted by atomic mass is 16.1. The molecule has 0 fully saturated rings. The van der Waals surface area contributed by atoms with Crippen molar-refractivity contribution in [2.24, 2.45) is 0 Å². The van der Waals surface area contributed by atoms with Crippen LogP contribution in [0.25, 0.3) is 0 Å². The predicted octanol–water partition coefficient (Wildman–Crippen LogP) is 1.80. The fraction of sp³-hybridized carbons (Fsp3) is 0.444. The maximum absolute atomic E-state index is 12.9. The van der Waals surface area contributed by atoms with Gasteiger partial charge in [-0.1, -0.05) is 0 Å². The summed E-state index contributed by atoms with van der Waals surface area (Å²) in [5, 5.41) is 0. The minimum atomic E-state index is -0.304. The average molecular weight is 320 g/mol. The smallest absolute Gasteiger partial charge is 0.234 e. The first-order valence-electron chi connectivity index (χ1n) is 8.61. The predicted molar refractivity (Wildman–Crippen MR) is 84.2 cm³/mol. The molecule has 5 rings (SSSR count). The first-order valence-corrected chi connectivity index (χ1v) is 8.61. The number of hydrogen-bond donors (Lipinski definition) is 0. The molecule has 2 aromatic rings. The van der Waals surface area contributed by atoms with E-state index in [1.807, 2.05) is 0 Å². The first kappa shape index (κ1) is 13.9. The minimum absolute atomic E-state index is 0.165. The quantitative estimate of drug-likeness (QED) is 0.628. The van der Waals surface area contributed by atoms with Crippen molar-refractivity contribution in [1.29, 1.82) is 0 Å². The molecule has 3 aliphatic rings. The number of rotatable bonds is 0. The monoisotopic (exact) mass is 320 g/mol. The Morgan fingerprint density at radius 1 is 0.458 bits per heavy atom. The third kappa shape index (κ3) is 1.89. The van der Waals surface area contributed by atoms with E-state index in [1.54, 1.807) is 0 Å². The van der Waals surface area contributed by atoms with E-state index in [4.69, 9.17) is 0 Å². The fourth-order valence-electron chi connectivity index (χ4n) is 3.84. The van der Waals surface area contributed by atoms with Crippen molar-refractivity contribution in [2.45, 2.75) is 51.4 Å². The van der Waals surface area contributed by atoms with Crippen LogP contribution in [0.2, 0.25) is 0 Å². The zero-order valence-electron chi connectivity index (χ0n) is 13.3. The molecule has 3 aliphatic carbocycles. The highest BCUT2D eigenvalue weighted by molar-refractivity contribution is 6.25. The van der Waals surface area contributed by atoms with Crippen LogP contribution < -0.4 is 0 Å². The van der Waals surface area contributed by atoms with Crippen LogP contribution in [0, 0.1) is 0 Å². The molecule has 2 aromatic heterocycles. The summed E-state index contributed by atoms with van der Waals surface area (Å²) in [5.41, 5.74) is 4.09. The topological polar surface area (TPSA) is 85.7 Å². The third-order valence-corrected chi connectivity index (χ3v) is 5.12. The van der Waals surface area contributed by atoms with Crippen LogP contribution in [0.3, 0.4) is 0 Å². The summed E-state index contributed by atoms with van der Waals surface area (Å²) in [6, 6.07) is 0. The van der Waals surface area contributed by atoms with Crippen LogP contribution in [-0.4, -0.2) is 31.5 Å². The van der Waals surface area contributed by atoms with Crippen molar-refractivity contribution in [3.8, 4) is 0 Å². The molecule has 0 radical (unpaired) electrons. The number of ketones is 2. The zero-order valence-corrected chi connectivity index (χ0v) is 13.3. The van der Waals surface area contributed by atoms with Crippen LogP contribution >= 0.6 is 0 Å². The Morgan fingerprint density at radius 2 is 0.708 bits per heavy atom. The Morgan fingerprint density at radius 3 is 0.958 bits per heavy atom. The SMILES string of the molecule is O=C1c2nc3c(nc2C(=O)c2nc4c(nc21)CCCC4)CCCC3. The largest absolute Gasteiger partial charge is 0.285 e. The summed E-state index contributed by atoms with van der Waals surface area (Å²) in [5.74, 6) is -0.609. The molecule has 0 atom stereocenters. The molecule has 0 bridgehead atoms. The lowest BCUT2D eigenvalue weighted by molar-refractivity contribution is 0.0962. The van der Waals surface area contributed by atoms with Crippen LogP contribution in [0.4, 0.5) is 0 Å². The van der Waals surface area contributed by atoms with Crippen molar-refractivity contribution in [3.63, 3.8) is 0 Å². The van der Waals surface area contributed by atoms with Crippen molar-refractivity contribution >= 4 is 11.6 Å². The second kappa shape index (κ2) is 5.00. The summed E-state index contributed by atoms with van der Waals surface area (Å²) in [4.78, 5) is 43.7. The van der Waals surface area contributed by atoms with Gasteiger partial charge in [0.15, 0.2) is 0 Å². The summed E-state index contributed by atoms with van der Waals surface area (Å²) < 4.78 is 0. The van der Waals surface area contributed by atoms with E-state index in [2.05, 4.69) is 19.9 Å². The molecule has 0 amide bonds. The lowest BCUT2D eigenvalue weighted by Gasteiger charge is -2.22. The van der Waals surface area contributed by atoms with Gasteiger partial charge in [-0.15, -0.1) is 0 Å². The third-order valence-electron chi connectivity index (χ3n) is 5.12. The summed E-state index contributed by atoms with van der Waals surface area (Å²) in [6.45, 7) is 0. The van der Waals surface area contributed by atoms with E-state index in [-0.39, 0.29) is 34.3 Å². The van der Waals surface area contributed by atoms with Gasteiger partial charge in [0.1, 0.15) is 22.8 Å². The van der Waals surface area contributed by atoms with E-state index in [0.29, 0.717) is 0 Å². The van der Waals surface area contributed by atoms with E-state index >= 15 is 0 Å². The Hall–Kier alpha value is -2.50. The van der Waals surface area contributed by atoms with Gasteiger partial charge in [-0.2, -0.15) is 0 Å². The van der Waals surface area contributed by atoms with E-state index in [9.17, 15) is 9.59 Å². The Balaban J connectivity index is 1.71. The molecular formula is C18H16N4O2. The van der Waals surface area contributed by atoms with Crippen molar-refractivity contribution in [1.82, 2.24) is 19.9 Å². The molecule has 2 heterocycles. The van der Waals surface area contributed by atoms with E-state index < -0.39 is 0 Å². The van der Waals surface area contributed by atoms with E-state index in [0.717, 1.165) is 74.1 Å². The van der Waals surface area contributed by atoms with Crippen molar-refractivity contribution < 1.29 is 9.59 Å². The molecule has 24 heavy (non-hydrogen) atoms. The normalized spacial score (nSPS) is 18.5. The molecule has 0 aliphatic heterocycles. The average Bonchev–Trinajstić information content (AvgIpc) is 2.64. The zero-order chi connectivity index (χ0) is 16.3. The van der Waals surface area contributed by atoms with Crippen LogP contribution in [0.5, 0.6) is 0 Å². The number of aromatic nitrogens is 4. The van der Waals surface area contributed by atoms with Crippen LogP contribution in [-0.2, 0) is 25.7 Å². The summed E-state index contributed by atoms with van der Waals surface area (Å²) in [7, 11) is 0. The number of carbonyl (C=O) groups excluding carboxylic acids is 2.